The molecule has 1 amide bonds. The third kappa shape index (κ3) is 5.11. The highest BCUT2D eigenvalue weighted by atomic mass is 16.1. The van der Waals surface area contributed by atoms with Crippen LogP contribution in [-0.4, -0.2) is 37.0 Å². The molecule has 4 heteroatoms. The SMILES string of the molecule is O=C(CNCC1CC1)NCc1cccc(CN2CCCC2)c1. The highest BCUT2D eigenvalue weighted by molar-refractivity contribution is 5.77. The zero-order chi connectivity index (χ0) is 15.2. The summed E-state index contributed by atoms with van der Waals surface area (Å²) in [4.78, 5) is 14.3. The molecular weight excluding hydrogens is 274 g/mol. The maximum atomic E-state index is 11.8. The maximum absolute atomic E-state index is 11.8. The van der Waals surface area contributed by atoms with Crippen molar-refractivity contribution in [3.05, 3.63) is 35.4 Å². The predicted molar refractivity (Wildman–Crippen MR) is 88.4 cm³/mol. The Morgan fingerprint density at radius 2 is 1.95 bits per heavy atom. The van der Waals surface area contributed by atoms with Crippen molar-refractivity contribution in [3.8, 4) is 0 Å². The molecule has 0 unspecified atom stereocenters. The van der Waals surface area contributed by atoms with Crippen LogP contribution in [0.3, 0.4) is 0 Å². The van der Waals surface area contributed by atoms with Crippen molar-refractivity contribution >= 4 is 5.91 Å². The van der Waals surface area contributed by atoms with Gasteiger partial charge < -0.3 is 10.6 Å². The summed E-state index contributed by atoms with van der Waals surface area (Å²) in [5.41, 5.74) is 2.53. The van der Waals surface area contributed by atoms with Crippen LogP contribution < -0.4 is 10.6 Å². The molecule has 2 N–H and O–H groups in total. The summed E-state index contributed by atoms with van der Waals surface area (Å²) in [5, 5.41) is 6.22. The highest BCUT2D eigenvalue weighted by Crippen LogP contribution is 2.27. The van der Waals surface area contributed by atoms with Crippen LogP contribution in [0.15, 0.2) is 24.3 Å². The minimum atomic E-state index is 0.0885. The van der Waals surface area contributed by atoms with E-state index in [-0.39, 0.29) is 5.91 Å². The summed E-state index contributed by atoms with van der Waals surface area (Å²) in [5.74, 6) is 0.903. The van der Waals surface area contributed by atoms with E-state index in [1.807, 2.05) is 0 Å². The zero-order valence-electron chi connectivity index (χ0n) is 13.3. The minimum absolute atomic E-state index is 0.0885. The standard InChI is InChI=1S/C18H27N3O/c22-18(13-19-11-15-6-7-15)20-12-16-4-3-5-17(10-16)14-21-8-1-2-9-21/h3-5,10,15,19H,1-2,6-9,11-14H2,(H,20,22). The van der Waals surface area contributed by atoms with Crippen LogP contribution in [0.5, 0.6) is 0 Å². The van der Waals surface area contributed by atoms with Gasteiger partial charge in [0.25, 0.3) is 0 Å². The van der Waals surface area contributed by atoms with Gasteiger partial charge in [0.15, 0.2) is 0 Å². The van der Waals surface area contributed by atoms with Crippen molar-refractivity contribution in [2.75, 3.05) is 26.2 Å². The van der Waals surface area contributed by atoms with E-state index in [4.69, 9.17) is 0 Å². The molecule has 4 nitrogen and oxygen atoms in total. The van der Waals surface area contributed by atoms with Gasteiger partial charge in [-0.25, -0.2) is 0 Å². The van der Waals surface area contributed by atoms with Gasteiger partial charge >= 0.3 is 0 Å². The zero-order valence-corrected chi connectivity index (χ0v) is 13.3. The fraction of sp³-hybridized carbons (Fsp3) is 0.611. The molecule has 0 radical (unpaired) electrons. The van der Waals surface area contributed by atoms with E-state index in [0.29, 0.717) is 13.1 Å². The number of hydrogen-bond donors (Lipinski definition) is 2. The van der Waals surface area contributed by atoms with Crippen molar-refractivity contribution in [1.29, 1.82) is 0 Å². The number of likely N-dealkylation sites (tertiary alicyclic amines) is 1. The van der Waals surface area contributed by atoms with Gasteiger partial charge in [0.05, 0.1) is 6.54 Å². The average Bonchev–Trinajstić information content (AvgIpc) is 3.21. The lowest BCUT2D eigenvalue weighted by Gasteiger charge is -2.15. The molecule has 1 aliphatic carbocycles. The Bertz CT molecular complexity index is 493. The molecule has 3 rings (SSSR count). The molecule has 120 valence electrons. The van der Waals surface area contributed by atoms with Gasteiger partial charge in [0, 0.05) is 13.1 Å². The van der Waals surface area contributed by atoms with E-state index in [9.17, 15) is 4.79 Å². The monoisotopic (exact) mass is 301 g/mol. The molecular formula is C18H27N3O. The average molecular weight is 301 g/mol. The van der Waals surface area contributed by atoms with E-state index < -0.39 is 0 Å². The minimum Gasteiger partial charge on any atom is -0.351 e. The van der Waals surface area contributed by atoms with Crippen molar-refractivity contribution in [3.63, 3.8) is 0 Å². The molecule has 22 heavy (non-hydrogen) atoms. The van der Waals surface area contributed by atoms with Gasteiger partial charge in [0.2, 0.25) is 5.91 Å². The van der Waals surface area contributed by atoms with Gasteiger partial charge in [-0.3, -0.25) is 9.69 Å². The van der Waals surface area contributed by atoms with E-state index in [0.717, 1.165) is 19.0 Å². The van der Waals surface area contributed by atoms with Gasteiger partial charge in [-0.15, -0.1) is 0 Å². The van der Waals surface area contributed by atoms with Gasteiger partial charge in [0.1, 0.15) is 0 Å². The van der Waals surface area contributed by atoms with Gasteiger partial charge in [-0.05, 0) is 62.4 Å². The molecule has 0 aromatic heterocycles. The van der Waals surface area contributed by atoms with Crippen molar-refractivity contribution in [2.45, 2.75) is 38.8 Å². The molecule has 2 fully saturated rings. The summed E-state index contributed by atoms with van der Waals surface area (Å²) in [6.07, 6.45) is 5.28. The second-order valence-corrected chi connectivity index (χ2v) is 6.65. The third-order valence-corrected chi connectivity index (χ3v) is 4.50. The Morgan fingerprint density at radius 1 is 1.18 bits per heavy atom. The fourth-order valence-corrected chi connectivity index (χ4v) is 3.01. The first-order chi connectivity index (χ1) is 10.8. The van der Waals surface area contributed by atoms with Crippen molar-refractivity contribution in [2.24, 2.45) is 5.92 Å². The Labute approximate surface area is 133 Å². The number of nitrogens with one attached hydrogen (secondary N) is 2. The van der Waals surface area contributed by atoms with Crippen LogP contribution >= 0.6 is 0 Å². The van der Waals surface area contributed by atoms with Gasteiger partial charge in [-0.2, -0.15) is 0 Å². The number of carbonyl (C=O) groups excluding carboxylic acids is 1. The molecule has 0 atom stereocenters. The summed E-state index contributed by atoms with van der Waals surface area (Å²) in [7, 11) is 0. The summed E-state index contributed by atoms with van der Waals surface area (Å²) < 4.78 is 0. The Hall–Kier alpha value is -1.39. The molecule has 0 spiro atoms. The number of benzene rings is 1. The number of nitrogens with zero attached hydrogens (tertiary/aromatic N) is 1. The topological polar surface area (TPSA) is 44.4 Å². The first-order valence-electron chi connectivity index (χ1n) is 8.57. The number of amides is 1. The van der Waals surface area contributed by atoms with Crippen LogP contribution in [0, 0.1) is 5.92 Å². The summed E-state index contributed by atoms with van der Waals surface area (Å²) in [6.45, 7) is 5.51. The highest BCUT2D eigenvalue weighted by Gasteiger charge is 2.20. The van der Waals surface area contributed by atoms with Crippen molar-refractivity contribution in [1.82, 2.24) is 15.5 Å². The predicted octanol–water partition coefficient (Wildman–Crippen LogP) is 1.90. The largest absolute Gasteiger partial charge is 0.351 e. The maximum Gasteiger partial charge on any atom is 0.234 e. The van der Waals surface area contributed by atoms with Gasteiger partial charge in [-0.1, -0.05) is 24.3 Å². The number of rotatable bonds is 8. The van der Waals surface area contributed by atoms with Crippen LogP contribution in [0.1, 0.15) is 36.8 Å². The lowest BCUT2D eigenvalue weighted by atomic mass is 10.1. The smallest absolute Gasteiger partial charge is 0.234 e. The summed E-state index contributed by atoms with van der Waals surface area (Å²) in [6, 6.07) is 8.58. The van der Waals surface area contributed by atoms with Crippen LogP contribution in [0.25, 0.3) is 0 Å². The summed E-state index contributed by atoms with van der Waals surface area (Å²) >= 11 is 0. The Balaban J connectivity index is 1.40. The van der Waals surface area contributed by atoms with E-state index in [1.54, 1.807) is 0 Å². The molecule has 1 heterocycles. The normalized spacial score (nSPS) is 18.5. The molecule has 1 aromatic carbocycles. The second kappa shape index (κ2) is 7.75. The molecule has 1 saturated heterocycles. The first kappa shape index (κ1) is 15.5. The third-order valence-electron chi connectivity index (χ3n) is 4.50. The van der Waals surface area contributed by atoms with Crippen LogP contribution in [-0.2, 0) is 17.9 Å². The lowest BCUT2D eigenvalue weighted by molar-refractivity contribution is -0.120. The lowest BCUT2D eigenvalue weighted by Crippen LogP contribution is -2.34. The fourth-order valence-electron chi connectivity index (χ4n) is 3.01. The molecule has 1 aromatic rings. The molecule has 2 aliphatic rings. The molecule has 1 aliphatic heterocycles. The van der Waals surface area contributed by atoms with E-state index >= 15 is 0 Å². The van der Waals surface area contributed by atoms with Crippen molar-refractivity contribution < 1.29 is 4.79 Å². The molecule has 0 bridgehead atoms. The first-order valence-corrected chi connectivity index (χ1v) is 8.57. The second-order valence-electron chi connectivity index (χ2n) is 6.65. The Morgan fingerprint density at radius 3 is 2.73 bits per heavy atom. The van der Waals surface area contributed by atoms with E-state index in [1.165, 1.54) is 49.9 Å². The number of carbonyl (C=O) groups is 1. The Kier molecular flexibility index (Phi) is 5.46. The van der Waals surface area contributed by atoms with Crippen LogP contribution in [0.4, 0.5) is 0 Å². The number of hydrogen-bond acceptors (Lipinski definition) is 3. The van der Waals surface area contributed by atoms with Crippen LogP contribution in [0.2, 0.25) is 0 Å². The molecule has 1 saturated carbocycles. The quantitative estimate of drug-likeness (QED) is 0.771. The van der Waals surface area contributed by atoms with E-state index in [2.05, 4.69) is 39.8 Å².